The Balaban J connectivity index is 3.25. The number of rotatable bonds is 6. The molecule has 0 aliphatic rings. The van der Waals surface area contributed by atoms with Gasteiger partial charge in [0, 0.05) is 6.54 Å². The number of carbonyl (C=O) groups excluding carboxylic acids is 1. The van der Waals surface area contributed by atoms with E-state index in [1.165, 1.54) is 0 Å². The number of ether oxygens (including phenoxy) is 2. The van der Waals surface area contributed by atoms with Crippen molar-refractivity contribution in [1.29, 1.82) is 0 Å². The van der Waals surface area contributed by atoms with Crippen molar-refractivity contribution in [2.45, 2.75) is 0 Å². The molecule has 0 fully saturated rings. The van der Waals surface area contributed by atoms with Crippen LogP contribution in [-0.2, 0) is 14.3 Å². The van der Waals surface area contributed by atoms with Crippen molar-refractivity contribution >= 4 is 35.0 Å². The summed E-state index contributed by atoms with van der Waals surface area (Å²) in [6.45, 7) is 0.847. The molecule has 12 heavy (non-hydrogen) atoms. The zero-order valence-corrected chi connectivity index (χ0v) is 8.20. The number of hydrogen-bond donors (Lipinski definition) is 2. The Bertz CT molecular complexity index is 163. The lowest BCUT2D eigenvalue weighted by Gasteiger charge is -2.05. The van der Waals surface area contributed by atoms with Gasteiger partial charge in [-0.15, -0.1) is 12.6 Å². The molecule has 0 amide bonds. The highest BCUT2D eigenvalue weighted by Gasteiger charge is 1.98. The van der Waals surface area contributed by atoms with Crippen LogP contribution < -0.4 is 5.73 Å². The van der Waals surface area contributed by atoms with Gasteiger partial charge >= 0.3 is 0 Å². The third kappa shape index (κ3) is 7.93. The fourth-order valence-electron chi connectivity index (χ4n) is 0.436. The summed E-state index contributed by atoms with van der Waals surface area (Å²) in [4.78, 5) is 10.3. The molecule has 0 saturated heterocycles. The van der Waals surface area contributed by atoms with Gasteiger partial charge < -0.3 is 15.2 Å². The molecule has 70 valence electrons. The molecule has 0 spiro atoms. The van der Waals surface area contributed by atoms with Crippen LogP contribution >= 0.6 is 24.8 Å². The van der Waals surface area contributed by atoms with Gasteiger partial charge in [0.2, 0.25) is 5.12 Å². The molecular weight excluding hydrogens is 198 g/mol. The van der Waals surface area contributed by atoms with E-state index in [0.29, 0.717) is 18.2 Å². The van der Waals surface area contributed by atoms with Crippen LogP contribution in [0.1, 0.15) is 0 Å². The Hall–Kier alpha value is -0.170. The van der Waals surface area contributed by atoms with Gasteiger partial charge in [-0.05, 0) is 12.2 Å². The molecule has 0 heterocycles. The Morgan fingerprint density at radius 1 is 1.50 bits per heavy atom. The molecule has 2 N–H and O–H groups in total. The molecule has 4 nitrogen and oxygen atoms in total. The number of hydrogen-bond acceptors (Lipinski definition) is 5. The lowest BCUT2D eigenvalue weighted by atomic mass is 10.7. The SMILES string of the molecule is NCCOC(=S)COCC(=O)S. The molecule has 0 aromatic carbocycles. The summed E-state index contributed by atoms with van der Waals surface area (Å²) in [6, 6.07) is 0. The fourth-order valence-corrected chi connectivity index (χ4v) is 0.694. The number of nitrogens with two attached hydrogens (primary N) is 1. The second-order valence-electron chi connectivity index (χ2n) is 1.90. The second kappa shape index (κ2) is 7.48. The summed E-state index contributed by atoms with van der Waals surface area (Å²) in [5.41, 5.74) is 5.16. The molecule has 0 aromatic rings. The molecule has 0 aliphatic heterocycles. The quantitative estimate of drug-likeness (QED) is 0.467. The minimum atomic E-state index is -0.336. The minimum absolute atomic E-state index is 0.0603. The van der Waals surface area contributed by atoms with E-state index >= 15 is 0 Å². The van der Waals surface area contributed by atoms with Gasteiger partial charge in [-0.3, -0.25) is 4.79 Å². The van der Waals surface area contributed by atoms with Gasteiger partial charge in [0.1, 0.15) is 19.8 Å². The highest BCUT2D eigenvalue weighted by Crippen LogP contribution is 1.86. The molecule has 0 aromatic heterocycles. The van der Waals surface area contributed by atoms with Gasteiger partial charge in [-0.2, -0.15) is 0 Å². The molecular formula is C6H11NO3S2. The first-order valence-corrected chi connectivity index (χ1v) is 4.17. The van der Waals surface area contributed by atoms with Gasteiger partial charge in [0.05, 0.1) is 0 Å². The van der Waals surface area contributed by atoms with E-state index in [-0.39, 0.29) is 18.3 Å². The first kappa shape index (κ1) is 11.8. The molecule has 0 rings (SSSR count). The zero-order chi connectivity index (χ0) is 9.40. The lowest BCUT2D eigenvalue weighted by Crippen LogP contribution is -2.17. The third-order valence-corrected chi connectivity index (χ3v) is 1.19. The maximum Gasteiger partial charge on any atom is 0.211 e. The summed E-state index contributed by atoms with van der Waals surface area (Å²) in [5.74, 6) is 0. The summed E-state index contributed by atoms with van der Waals surface area (Å²) < 4.78 is 9.74. The van der Waals surface area contributed by atoms with E-state index in [9.17, 15) is 4.79 Å². The molecule has 0 radical (unpaired) electrons. The van der Waals surface area contributed by atoms with Crippen LogP contribution in [0.4, 0.5) is 0 Å². The minimum Gasteiger partial charge on any atom is -0.483 e. The molecule has 0 aliphatic carbocycles. The van der Waals surface area contributed by atoms with Gasteiger partial charge in [0.15, 0.2) is 5.05 Å². The predicted molar refractivity (Wildman–Crippen MR) is 52.4 cm³/mol. The van der Waals surface area contributed by atoms with E-state index < -0.39 is 0 Å². The third-order valence-electron chi connectivity index (χ3n) is 0.826. The predicted octanol–water partition coefficient (Wildman–Crippen LogP) is -0.238. The summed E-state index contributed by atoms with van der Waals surface area (Å²) in [7, 11) is 0. The lowest BCUT2D eigenvalue weighted by molar-refractivity contribution is -0.114. The van der Waals surface area contributed by atoms with Crippen LogP contribution in [0.3, 0.4) is 0 Å². The number of thiocarbonyl (C=S) groups is 1. The van der Waals surface area contributed by atoms with E-state index in [0.717, 1.165) is 0 Å². The summed E-state index contributed by atoms with van der Waals surface area (Å²) in [5, 5.41) is -0.0355. The molecule has 0 unspecified atom stereocenters. The van der Waals surface area contributed by atoms with Crippen molar-refractivity contribution < 1.29 is 14.3 Å². The Morgan fingerprint density at radius 3 is 2.67 bits per heavy atom. The number of carbonyl (C=O) groups is 1. The molecule has 6 heteroatoms. The van der Waals surface area contributed by atoms with Crippen molar-refractivity contribution in [3.63, 3.8) is 0 Å². The largest absolute Gasteiger partial charge is 0.483 e. The Labute approximate surface area is 81.8 Å². The van der Waals surface area contributed by atoms with Crippen molar-refractivity contribution in [3.8, 4) is 0 Å². The Kier molecular flexibility index (Phi) is 7.37. The normalized spacial score (nSPS) is 9.50. The van der Waals surface area contributed by atoms with Crippen LogP contribution in [0.2, 0.25) is 0 Å². The smallest absolute Gasteiger partial charge is 0.211 e. The van der Waals surface area contributed by atoms with Crippen LogP contribution in [0, 0.1) is 0 Å². The maximum absolute atomic E-state index is 10.3. The fraction of sp³-hybridized carbons (Fsp3) is 0.667. The molecule has 0 saturated carbocycles. The van der Waals surface area contributed by atoms with Crippen LogP contribution in [0.5, 0.6) is 0 Å². The monoisotopic (exact) mass is 209 g/mol. The van der Waals surface area contributed by atoms with Gasteiger partial charge in [0.25, 0.3) is 0 Å². The number of thiol groups is 1. The van der Waals surface area contributed by atoms with Gasteiger partial charge in [-0.1, -0.05) is 0 Å². The Morgan fingerprint density at radius 2 is 2.17 bits per heavy atom. The highest BCUT2D eigenvalue weighted by molar-refractivity contribution is 7.96. The zero-order valence-electron chi connectivity index (χ0n) is 6.49. The summed E-state index contributed by atoms with van der Waals surface area (Å²) >= 11 is 8.24. The maximum atomic E-state index is 10.3. The average molecular weight is 209 g/mol. The van der Waals surface area contributed by atoms with Crippen molar-refractivity contribution in [3.05, 3.63) is 0 Å². The van der Waals surface area contributed by atoms with Crippen LogP contribution in [0.15, 0.2) is 0 Å². The van der Waals surface area contributed by atoms with Crippen LogP contribution in [-0.4, -0.2) is 36.5 Å². The van der Waals surface area contributed by atoms with E-state index in [4.69, 9.17) is 27.4 Å². The first-order chi connectivity index (χ1) is 5.66. The van der Waals surface area contributed by atoms with E-state index in [2.05, 4.69) is 12.6 Å². The van der Waals surface area contributed by atoms with Crippen LogP contribution in [0.25, 0.3) is 0 Å². The average Bonchev–Trinajstić information content (AvgIpc) is 2.00. The second-order valence-corrected chi connectivity index (χ2v) is 2.85. The standard InChI is InChI=1S/C6H11NO3S2/c7-1-2-10-6(12)4-9-3-5(8)11/h1-4,7H2,(H,8,11). The summed E-state index contributed by atoms with van der Waals surface area (Å²) in [6.07, 6.45) is 0. The first-order valence-electron chi connectivity index (χ1n) is 3.32. The van der Waals surface area contributed by atoms with E-state index in [1.54, 1.807) is 0 Å². The molecule has 0 atom stereocenters. The highest BCUT2D eigenvalue weighted by atomic mass is 32.1. The van der Waals surface area contributed by atoms with Crippen molar-refractivity contribution in [2.24, 2.45) is 5.73 Å². The molecule has 0 bridgehead atoms. The van der Waals surface area contributed by atoms with E-state index in [1.807, 2.05) is 0 Å². The topological polar surface area (TPSA) is 61.6 Å². The van der Waals surface area contributed by atoms with Gasteiger partial charge in [-0.25, -0.2) is 0 Å². The van der Waals surface area contributed by atoms with Crippen molar-refractivity contribution in [1.82, 2.24) is 0 Å². The van der Waals surface area contributed by atoms with Crippen molar-refractivity contribution in [2.75, 3.05) is 26.4 Å².